The number of hydrogen-bond acceptors (Lipinski definition) is 6. The zero-order chi connectivity index (χ0) is 19.5. The number of benzene rings is 2. The van der Waals surface area contributed by atoms with E-state index in [1.807, 2.05) is 60.7 Å². The maximum Gasteiger partial charge on any atom is 0.353 e. The predicted molar refractivity (Wildman–Crippen MR) is 100 cm³/mol. The van der Waals surface area contributed by atoms with Crippen molar-refractivity contribution >= 4 is 11.9 Å². The predicted octanol–water partition coefficient (Wildman–Crippen LogP) is 2.68. The standard InChI is InChI=1S/C21H25NO5/c22-21(25,20(24)27-16-18-11-5-2-6-12-18)14-8-7-13-19(23)26-15-17-9-3-1-4-10-17/h1-6,9-12,25H,7-8,13-16,22H2/t21-/m1/s1. The Balaban J connectivity index is 1.62. The van der Waals surface area contributed by atoms with Crippen LogP contribution in [0.3, 0.4) is 0 Å². The number of nitrogens with two attached hydrogens (primary N) is 1. The molecule has 6 heteroatoms. The molecule has 0 aliphatic rings. The van der Waals surface area contributed by atoms with E-state index in [1.165, 1.54) is 0 Å². The Bertz CT molecular complexity index is 716. The van der Waals surface area contributed by atoms with Gasteiger partial charge in [-0.15, -0.1) is 0 Å². The summed E-state index contributed by atoms with van der Waals surface area (Å²) in [6.45, 7) is 0.275. The molecule has 0 bridgehead atoms. The Morgan fingerprint density at radius 1 is 0.852 bits per heavy atom. The maximum absolute atomic E-state index is 11.9. The number of hydrogen-bond donors (Lipinski definition) is 2. The molecule has 0 unspecified atom stereocenters. The minimum atomic E-state index is -2.07. The maximum atomic E-state index is 11.9. The van der Waals surface area contributed by atoms with Crippen LogP contribution in [-0.2, 0) is 32.3 Å². The molecule has 3 N–H and O–H groups in total. The Morgan fingerprint density at radius 2 is 1.37 bits per heavy atom. The smallest absolute Gasteiger partial charge is 0.353 e. The lowest BCUT2D eigenvalue weighted by atomic mass is 10.1. The number of esters is 2. The Morgan fingerprint density at radius 3 is 1.93 bits per heavy atom. The summed E-state index contributed by atoms with van der Waals surface area (Å²) in [5, 5.41) is 10.1. The minimum absolute atomic E-state index is 0.00654. The van der Waals surface area contributed by atoms with Crippen molar-refractivity contribution in [3.63, 3.8) is 0 Å². The fourth-order valence-electron chi connectivity index (χ4n) is 2.42. The summed E-state index contributed by atoms with van der Waals surface area (Å²) in [5.41, 5.74) is 5.30. The highest BCUT2D eigenvalue weighted by molar-refractivity contribution is 5.78. The Hall–Kier alpha value is -2.70. The summed E-state index contributed by atoms with van der Waals surface area (Å²) < 4.78 is 10.2. The van der Waals surface area contributed by atoms with Crippen molar-refractivity contribution in [2.45, 2.75) is 44.6 Å². The molecule has 6 nitrogen and oxygen atoms in total. The molecular formula is C21H25NO5. The van der Waals surface area contributed by atoms with Crippen LogP contribution < -0.4 is 5.73 Å². The number of rotatable bonds is 10. The van der Waals surface area contributed by atoms with E-state index >= 15 is 0 Å². The van der Waals surface area contributed by atoms with E-state index in [0.717, 1.165) is 11.1 Å². The first-order valence-electron chi connectivity index (χ1n) is 8.89. The van der Waals surface area contributed by atoms with Crippen molar-refractivity contribution < 1.29 is 24.2 Å². The average molecular weight is 371 g/mol. The lowest BCUT2D eigenvalue weighted by Crippen LogP contribution is -2.48. The fourth-order valence-corrected chi connectivity index (χ4v) is 2.42. The minimum Gasteiger partial charge on any atom is -0.461 e. The van der Waals surface area contributed by atoms with Crippen molar-refractivity contribution in [2.75, 3.05) is 0 Å². The van der Waals surface area contributed by atoms with Crippen molar-refractivity contribution in [1.29, 1.82) is 0 Å². The van der Waals surface area contributed by atoms with Gasteiger partial charge in [-0.2, -0.15) is 0 Å². The van der Waals surface area contributed by atoms with Gasteiger partial charge in [0.1, 0.15) is 13.2 Å². The van der Waals surface area contributed by atoms with Crippen molar-refractivity contribution in [1.82, 2.24) is 0 Å². The monoisotopic (exact) mass is 371 g/mol. The van der Waals surface area contributed by atoms with Gasteiger partial charge in [0.15, 0.2) is 0 Å². The SMILES string of the molecule is N[C@@](O)(CCCCC(=O)OCc1ccccc1)C(=O)OCc1ccccc1. The average Bonchev–Trinajstić information content (AvgIpc) is 2.69. The van der Waals surface area contributed by atoms with Crippen molar-refractivity contribution in [3.05, 3.63) is 71.8 Å². The van der Waals surface area contributed by atoms with Crippen LogP contribution in [0.15, 0.2) is 60.7 Å². The summed E-state index contributed by atoms with van der Waals surface area (Å²) in [5.74, 6) is -1.20. The first-order valence-corrected chi connectivity index (χ1v) is 8.89. The number of unbranched alkanes of at least 4 members (excludes halogenated alkanes) is 1. The van der Waals surface area contributed by atoms with Crippen LogP contribution in [0.25, 0.3) is 0 Å². The molecular weight excluding hydrogens is 346 g/mol. The molecule has 0 aliphatic heterocycles. The van der Waals surface area contributed by atoms with E-state index < -0.39 is 11.7 Å². The summed E-state index contributed by atoms with van der Waals surface area (Å²) in [4.78, 5) is 23.7. The van der Waals surface area contributed by atoms with Gasteiger partial charge in [0.2, 0.25) is 5.72 Å². The molecule has 27 heavy (non-hydrogen) atoms. The third-order valence-corrected chi connectivity index (χ3v) is 4.00. The summed E-state index contributed by atoms with van der Waals surface area (Å²) in [7, 11) is 0. The van der Waals surface area contributed by atoms with E-state index in [-0.39, 0.29) is 32.0 Å². The van der Waals surface area contributed by atoms with E-state index in [1.54, 1.807) is 0 Å². The largest absolute Gasteiger partial charge is 0.461 e. The zero-order valence-corrected chi connectivity index (χ0v) is 15.2. The van der Waals surface area contributed by atoms with Crippen molar-refractivity contribution in [3.8, 4) is 0 Å². The third kappa shape index (κ3) is 7.60. The molecule has 0 spiro atoms. The first-order chi connectivity index (χ1) is 13.0. The van der Waals surface area contributed by atoms with Gasteiger partial charge in [0, 0.05) is 12.8 Å². The lowest BCUT2D eigenvalue weighted by molar-refractivity contribution is -0.167. The van der Waals surface area contributed by atoms with Gasteiger partial charge in [-0.3, -0.25) is 10.5 Å². The Kier molecular flexibility index (Phi) is 7.98. The molecule has 0 saturated heterocycles. The molecule has 0 radical (unpaired) electrons. The van der Waals surface area contributed by atoms with E-state index in [0.29, 0.717) is 12.8 Å². The number of carbonyl (C=O) groups is 2. The normalized spacial score (nSPS) is 12.8. The number of aliphatic hydroxyl groups is 1. The molecule has 0 aromatic heterocycles. The highest BCUT2D eigenvalue weighted by Crippen LogP contribution is 2.14. The summed E-state index contributed by atoms with van der Waals surface area (Å²) in [6, 6.07) is 18.5. The second-order valence-corrected chi connectivity index (χ2v) is 6.34. The van der Waals surface area contributed by atoms with Gasteiger partial charge in [-0.1, -0.05) is 60.7 Å². The second-order valence-electron chi connectivity index (χ2n) is 6.34. The molecule has 0 aliphatic carbocycles. The van der Waals surface area contributed by atoms with Crippen LogP contribution >= 0.6 is 0 Å². The molecule has 2 rings (SSSR count). The van der Waals surface area contributed by atoms with Gasteiger partial charge in [0.25, 0.3) is 0 Å². The summed E-state index contributed by atoms with van der Waals surface area (Å²) in [6.07, 6.45) is 1.06. The van der Waals surface area contributed by atoms with Crippen LogP contribution in [-0.4, -0.2) is 22.8 Å². The number of ether oxygens (including phenoxy) is 2. The number of carbonyl (C=O) groups excluding carboxylic acids is 2. The van der Waals surface area contributed by atoms with Gasteiger partial charge in [-0.05, 0) is 24.0 Å². The van der Waals surface area contributed by atoms with Crippen LogP contribution in [0.5, 0.6) is 0 Å². The third-order valence-electron chi connectivity index (χ3n) is 4.00. The van der Waals surface area contributed by atoms with Gasteiger partial charge < -0.3 is 14.6 Å². The van der Waals surface area contributed by atoms with E-state index in [4.69, 9.17) is 15.2 Å². The molecule has 0 amide bonds. The highest BCUT2D eigenvalue weighted by atomic mass is 16.6. The first kappa shape index (κ1) is 20.6. The molecule has 144 valence electrons. The molecule has 0 saturated carbocycles. The summed E-state index contributed by atoms with van der Waals surface area (Å²) >= 11 is 0. The van der Waals surface area contributed by atoms with Crippen LogP contribution in [0.2, 0.25) is 0 Å². The lowest BCUT2D eigenvalue weighted by Gasteiger charge is -2.21. The zero-order valence-electron chi connectivity index (χ0n) is 15.2. The van der Waals surface area contributed by atoms with Gasteiger partial charge in [0.05, 0.1) is 0 Å². The quantitative estimate of drug-likeness (QED) is 0.378. The molecule has 2 aromatic rings. The van der Waals surface area contributed by atoms with E-state index in [2.05, 4.69) is 0 Å². The second kappa shape index (κ2) is 10.4. The van der Waals surface area contributed by atoms with Gasteiger partial charge >= 0.3 is 11.9 Å². The molecule has 0 fully saturated rings. The van der Waals surface area contributed by atoms with Gasteiger partial charge in [-0.25, -0.2) is 4.79 Å². The van der Waals surface area contributed by atoms with Crippen LogP contribution in [0.4, 0.5) is 0 Å². The molecule has 2 aromatic carbocycles. The molecule has 1 atom stereocenters. The highest BCUT2D eigenvalue weighted by Gasteiger charge is 2.32. The Labute approximate surface area is 158 Å². The van der Waals surface area contributed by atoms with Crippen LogP contribution in [0.1, 0.15) is 36.8 Å². The van der Waals surface area contributed by atoms with E-state index in [9.17, 15) is 14.7 Å². The fraction of sp³-hybridized carbons (Fsp3) is 0.333. The topological polar surface area (TPSA) is 98.9 Å². The molecule has 0 heterocycles. The van der Waals surface area contributed by atoms with Crippen LogP contribution in [0, 0.1) is 0 Å². The van der Waals surface area contributed by atoms with Crippen molar-refractivity contribution in [2.24, 2.45) is 5.73 Å².